The third-order valence-electron chi connectivity index (χ3n) is 3.09. The summed E-state index contributed by atoms with van der Waals surface area (Å²) in [6.07, 6.45) is 2.05. The number of nitrogens with one attached hydrogen (secondary N) is 1. The molecule has 0 aromatic heterocycles. The highest BCUT2D eigenvalue weighted by molar-refractivity contribution is 6.08. The smallest absolute Gasteiger partial charge is 0.235 e. The lowest BCUT2D eigenvalue weighted by molar-refractivity contribution is -0.126. The molecule has 1 aromatic rings. The second kappa shape index (κ2) is 4.05. The predicted octanol–water partition coefficient (Wildman–Crippen LogP) is 1.33. The lowest BCUT2D eigenvalue weighted by Gasteiger charge is -2.24. The summed E-state index contributed by atoms with van der Waals surface area (Å²) in [5, 5.41) is 2.78. The maximum Gasteiger partial charge on any atom is 0.235 e. The zero-order valence-electron chi connectivity index (χ0n) is 9.40. The van der Waals surface area contributed by atoms with Crippen LogP contribution in [0.15, 0.2) is 36.9 Å². The second-order valence-electron chi connectivity index (χ2n) is 4.22. The highest BCUT2D eigenvalue weighted by Crippen LogP contribution is 2.42. The topological polar surface area (TPSA) is 72.2 Å². The molecule has 0 spiro atoms. The summed E-state index contributed by atoms with van der Waals surface area (Å²) >= 11 is 0. The maximum atomic E-state index is 12.1. The number of carbonyl (C=O) groups is 2. The molecule has 0 saturated carbocycles. The number of fused-ring (bicyclic) bond motifs is 1. The Balaban J connectivity index is 2.54. The molecule has 1 unspecified atom stereocenters. The quantitative estimate of drug-likeness (QED) is 0.766. The third-order valence-corrected chi connectivity index (χ3v) is 3.09. The van der Waals surface area contributed by atoms with Crippen molar-refractivity contribution in [3.8, 4) is 0 Å². The first-order valence-electron chi connectivity index (χ1n) is 5.40. The number of para-hydroxylation sites is 1. The van der Waals surface area contributed by atoms with Gasteiger partial charge in [0.05, 0.1) is 5.41 Å². The van der Waals surface area contributed by atoms with Gasteiger partial charge in [-0.2, -0.15) is 0 Å². The Labute approximate surface area is 99.5 Å². The van der Waals surface area contributed by atoms with Crippen molar-refractivity contribution < 1.29 is 9.59 Å². The fourth-order valence-corrected chi connectivity index (χ4v) is 2.37. The molecule has 1 aliphatic rings. The number of carbonyl (C=O) groups excluding carboxylic acids is 2. The number of anilines is 1. The van der Waals surface area contributed by atoms with Crippen molar-refractivity contribution in [1.29, 1.82) is 0 Å². The van der Waals surface area contributed by atoms with Gasteiger partial charge in [-0.05, 0) is 18.1 Å². The summed E-state index contributed by atoms with van der Waals surface area (Å²) in [5.41, 5.74) is 5.94. The first-order chi connectivity index (χ1) is 8.10. The number of allylic oxidation sites excluding steroid dienone is 1. The number of hydrogen-bond donors (Lipinski definition) is 2. The van der Waals surface area contributed by atoms with Crippen LogP contribution in [0.25, 0.3) is 0 Å². The molecule has 2 amide bonds. The summed E-state index contributed by atoms with van der Waals surface area (Å²) in [6, 6.07) is 7.35. The molecule has 1 aromatic carbocycles. The van der Waals surface area contributed by atoms with E-state index in [0.29, 0.717) is 6.42 Å². The van der Waals surface area contributed by atoms with E-state index in [2.05, 4.69) is 11.9 Å². The molecular weight excluding hydrogens is 216 g/mol. The fraction of sp³-hybridized carbons (Fsp3) is 0.231. The molecule has 1 atom stereocenters. The van der Waals surface area contributed by atoms with Crippen LogP contribution in [0.3, 0.4) is 0 Å². The number of primary amides is 1. The third kappa shape index (κ3) is 1.71. The Hall–Kier alpha value is -2.10. The van der Waals surface area contributed by atoms with Gasteiger partial charge in [0.15, 0.2) is 0 Å². The standard InChI is InChI=1S/C13H14N2O2/c1-2-7-13(8-11(14)16)9-5-3-4-6-10(9)15-12(13)17/h2-6H,1,7-8H2,(H2,14,16)(H,15,17). The van der Waals surface area contributed by atoms with E-state index in [1.54, 1.807) is 6.08 Å². The Kier molecular flexibility index (Phi) is 2.71. The van der Waals surface area contributed by atoms with Crippen LogP contribution >= 0.6 is 0 Å². The molecule has 1 heterocycles. The molecule has 1 aliphatic heterocycles. The van der Waals surface area contributed by atoms with Gasteiger partial charge in [0.2, 0.25) is 11.8 Å². The van der Waals surface area contributed by atoms with E-state index in [0.717, 1.165) is 11.3 Å². The molecule has 0 radical (unpaired) electrons. The molecule has 4 heteroatoms. The van der Waals surface area contributed by atoms with Crippen LogP contribution < -0.4 is 11.1 Å². The lowest BCUT2D eigenvalue weighted by atomic mass is 9.75. The maximum absolute atomic E-state index is 12.1. The zero-order chi connectivity index (χ0) is 12.5. The van der Waals surface area contributed by atoms with E-state index in [-0.39, 0.29) is 12.3 Å². The van der Waals surface area contributed by atoms with Crippen LogP contribution in [0.2, 0.25) is 0 Å². The van der Waals surface area contributed by atoms with Crippen LogP contribution in [0, 0.1) is 0 Å². The van der Waals surface area contributed by atoms with Crippen molar-refractivity contribution >= 4 is 17.5 Å². The molecule has 88 valence electrons. The highest BCUT2D eigenvalue weighted by atomic mass is 16.2. The summed E-state index contributed by atoms with van der Waals surface area (Å²) in [6.45, 7) is 3.65. The SMILES string of the molecule is C=CCC1(CC(N)=O)C(=O)Nc2ccccc21. The van der Waals surface area contributed by atoms with Crippen LogP contribution in [-0.2, 0) is 15.0 Å². The minimum atomic E-state index is -0.885. The van der Waals surface area contributed by atoms with E-state index in [1.807, 2.05) is 24.3 Å². The van der Waals surface area contributed by atoms with Crippen LogP contribution in [-0.4, -0.2) is 11.8 Å². The molecule has 2 rings (SSSR count). The summed E-state index contributed by atoms with van der Waals surface area (Å²) < 4.78 is 0. The monoisotopic (exact) mass is 230 g/mol. The molecular formula is C13H14N2O2. The van der Waals surface area contributed by atoms with E-state index < -0.39 is 11.3 Å². The van der Waals surface area contributed by atoms with Gasteiger partial charge < -0.3 is 11.1 Å². The predicted molar refractivity (Wildman–Crippen MR) is 65.4 cm³/mol. The average Bonchev–Trinajstić information content (AvgIpc) is 2.53. The van der Waals surface area contributed by atoms with Gasteiger partial charge in [-0.1, -0.05) is 24.3 Å². The lowest BCUT2D eigenvalue weighted by Crippen LogP contribution is -2.38. The molecule has 0 fully saturated rings. The summed E-state index contributed by atoms with van der Waals surface area (Å²) in [7, 11) is 0. The van der Waals surface area contributed by atoms with Gasteiger partial charge in [0.1, 0.15) is 0 Å². The van der Waals surface area contributed by atoms with Gasteiger partial charge in [-0.3, -0.25) is 9.59 Å². The first kappa shape index (κ1) is 11.4. The Morgan fingerprint density at radius 3 is 2.82 bits per heavy atom. The van der Waals surface area contributed by atoms with Crippen molar-refractivity contribution in [2.75, 3.05) is 5.32 Å². The number of amides is 2. The Morgan fingerprint density at radius 1 is 1.47 bits per heavy atom. The zero-order valence-corrected chi connectivity index (χ0v) is 9.40. The van der Waals surface area contributed by atoms with E-state index in [9.17, 15) is 9.59 Å². The molecule has 3 N–H and O–H groups in total. The summed E-state index contributed by atoms with van der Waals surface area (Å²) in [4.78, 5) is 23.3. The van der Waals surface area contributed by atoms with Crippen molar-refractivity contribution in [3.63, 3.8) is 0 Å². The van der Waals surface area contributed by atoms with Crippen LogP contribution in [0.5, 0.6) is 0 Å². The number of benzene rings is 1. The molecule has 0 bridgehead atoms. The largest absolute Gasteiger partial charge is 0.370 e. The van der Waals surface area contributed by atoms with Crippen molar-refractivity contribution in [2.45, 2.75) is 18.3 Å². The van der Waals surface area contributed by atoms with Crippen LogP contribution in [0.1, 0.15) is 18.4 Å². The van der Waals surface area contributed by atoms with Crippen molar-refractivity contribution in [3.05, 3.63) is 42.5 Å². The van der Waals surface area contributed by atoms with Crippen molar-refractivity contribution in [2.24, 2.45) is 5.73 Å². The number of nitrogens with two attached hydrogens (primary N) is 1. The van der Waals surface area contributed by atoms with Crippen molar-refractivity contribution in [1.82, 2.24) is 0 Å². The van der Waals surface area contributed by atoms with Crippen LogP contribution in [0.4, 0.5) is 5.69 Å². The molecule has 4 nitrogen and oxygen atoms in total. The minimum Gasteiger partial charge on any atom is -0.370 e. The van der Waals surface area contributed by atoms with Gasteiger partial charge in [0.25, 0.3) is 0 Å². The molecule has 0 saturated heterocycles. The number of hydrogen-bond acceptors (Lipinski definition) is 2. The van der Waals surface area contributed by atoms with E-state index in [1.165, 1.54) is 0 Å². The van der Waals surface area contributed by atoms with Gasteiger partial charge in [0, 0.05) is 12.1 Å². The Bertz CT molecular complexity index is 496. The Morgan fingerprint density at radius 2 is 2.18 bits per heavy atom. The average molecular weight is 230 g/mol. The van der Waals surface area contributed by atoms with Gasteiger partial charge in [-0.25, -0.2) is 0 Å². The fourth-order valence-electron chi connectivity index (χ4n) is 2.37. The van der Waals surface area contributed by atoms with Gasteiger partial charge >= 0.3 is 0 Å². The number of rotatable bonds is 4. The minimum absolute atomic E-state index is 0.00185. The first-order valence-corrected chi connectivity index (χ1v) is 5.40. The van der Waals surface area contributed by atoms with Gasteiger partial charge in [-0.15, -0.1) is 6.58 Å². The molecule has 17 heavy (non-hydrogen) atoms. The van der Waals surface area contributed by atoms with E-state index >= 15 is 0 Å². The molecule has 0 aliphatic carbocycles. The highest BCUT2D eigenvalue weighted by Gasteiger charge is 2.46. The normalized spacial score (nSPS) is 21.8. The second-order valence-corrected chi connectivity index (χ2v) is 4.22. The summed E-state index contributed by atoms with van der Waals surface area (Å²) in [5.74, 6) is -0.670. The van der Waals surface area contributed by atoms with E-state index in [4.69, 9.17) is 5.73 Å².